The summed E-state index contributed by atoms with van der Waals surface area (Å²) < 4.78 is 0. The molecule has 5 fully saturated rings. The minimum absolute atomic E-state index is 0.150. The molecule has 5 saturated carbocycles. The molecule has 0 bridgehead atoms. The van der Waals surface area contributed by atoms with E-state index in [1.165, 1.54) is 50.5 Å². The third-order valence-corrected chi connectivity index (χ3v) is 13.3. The molecule has 1 N–H and O–H groups in total. The molecule has 0 amide bonds. The molecule has 0 heterocycles. The Hall–Kier alpha value is -0.630. The van der Waals surface area contributed by atoms with Crippen molar-refractivity contribution in [2.45, 2.75) is 112 Å². The minimum atomic E-state index is -0.485. The summed E-state index contributed by atoms with van der Waals surface area (Å²) in [7, 11) is 0. The van der Waals surface area contributed by atoms with Gasteiger partial charge in [0.2, 0.25) is 0 Å². The minimum Gasteiger partial charge on any atom is -0.392 e. The number of aliphatic hydroxyl groups excluding tert-OH is 1. The van der Waals surface area contributed by atoms with Gasteiger partial charge >= 0.3 is 0 Å². The molecule has 5 aliphatic rings. The van der Waals surface area contributed by atoms with Crippen LogP contribution in [0.2, 0.25) is 0 Å². The third kappa shape index (κ3) is 2.55. The Morgan fingerprint density at radius 3 is 2.22 bits per heavy atom. The number of ketones is 1. The number of fused-ring (bicyclic) bond motifs is 7. The molecule has 180 valence electrons. The van der Waals surface area contributed by atoms with Gasteiger partial charge in [0.25, 0.3) is 0 Å². The summed E-state index contributed by atoms with van der Waals surface area (Å²) in [5.74, 6) is 3.31. The van der Waals surface area contributed by atoms with E-state index in [-0.39, 0.29) is 22.0 Å². The average molecular weight is 441 g/mol. The van der Waals surface area contributed by atoms with Crippen molar-refractivity contribution in [2.24, 2.45) is 56.7 Å². The zero-order chi connectivity index (χ0) is 23.5. The molecule has 0 saturated heterocycles. The number of aliphatic hydroxyl groups is 1. The van der Waals surface area contributed by atoms with Gasteiger partial charge in [-0.3, -0.25) is 4.79 Å². The van der Waals surface area contributed by atoms with Crippen molar-refractivity contribution >= 4 is 5.78 Å². The van der Waals surface area contributed by atoms with Crippen LogP contribution in [0.5, 0.6) is 0 Å². The van der Waals surface area contributed by atoms with Crippen molar-refractivity contribution in [3.05, 3.63) is 12.2 Å². The Labute approximate surface area is 197 Å². The number of carbonyl (C=O) groups excluding carboxylic acids is 1. The van der Waals surface area contributed by atoms with Crippen molar-refractivity contribution in [3.63, 3.8) is 0 Å². The summed E-state index contributed by atoms with van der Waals surface area (Å²) in [5, 5.41) is 11.5. The van der Waals surface area contributed by atoms with Crippen LogP contribution in [0.4, 0.5) is 0 Å². The number of carbonyl (C=O) groups is 1. The maximum Gasteiger partial charge on any atom is 0.141 e. The van der Waals surface area contributed by atoms with Crippen molar-refractivity contribution in [3.8, 4) is 0 Å². The lowest BCUT2D eigenvalue weighted by Gasteiger charge is -2.72. The fourth-order valence-corrected chi connectivity index (χ4v) is 11.2. The average Bonchev–Trinajstić information content (AvgIpc) is 3.05. The van der Waals surface area contributed by atoms with Crippen LogP contribution >= 0.6 is 0 Å². The highest BCUT2D eigenvalue weighted by atomic mass is 16.3. The molecule has 0 radical (unpaired) electrons. The predicted molar refractivity (Wildman–Crippen MR) is 131 cm³/mol. The second kappa shape index (κ2) is 6.73. The third-order valence-electron chi connectivity index (χ3n) is 13.3. The van der Waals surface area contributed by atoms with E-state index in [2.05, 4.69) is 55.0 Å². The van der Waals surface area contributed by atoms with E-state index in [4.69, 9.17) is 0 Å². The smallest absolute Gasteiger partial charge is 0.141 e. The quantitative estimate of drug-likeness (QED) is 0.438. The summed E-state index contributed by atoms with van der Waals surface area (Å²) in [6.07, 6.45) is 10.1. The van der Waals surface area contributed by atoms with Gasteiger partial charge in [0, 0.05) is 17.3 Å². The Kier molecular flexibility index (Phi) is 4.87. The molecule has 2 nitrogen and oxygen atoms in total. The van der Waals surface area contributed by atoms with Gasteiger partial charge in [-0.2, -0.15) is 0 Å². The zero-order valence-electron chi connectivity index (χ0n) is 21.9. The van der Waals surface area contributed by atoms with Crippen molar-refractivity contribution in [1.29, 1.82) is 0 Å². The first-order chi connectivity index (χ1) is 14.7. The van der Waals surface area contributed by atoms with Gasteiger partial charge in [-0.05, 0) is 104 Å². The zero-order valence-corrected chi connectivity index (χ0v) is 21.9. The first kappa shape index (κ1) is 23.1. The highest BCUT2D eigenvalue weighted by Gasteiger charge is 2.71. The van der Waals surface area contributed by atoms with E-state index in [0.717, 1.165) is 18.3 Å². The first-order valence-electron chi connectivity index (χ1n) is 13.6. The lowest BCUT2D eigenvalue weighted by molar-refractivity contribution is -0.254. The van der Waals surface area contributed by atoms with E-state index in [1.807, 2.05) is 0 Å². The van der Waals surface area contributed by atoms with Gasteiger partial charge in [0.15, 0.2) is 0 Å². The van der Waals surface area contributed by atoms with E-state index >= 15 is 0 Å². The molecule has 0 aromatic rings. The van der Waals surface area contributed by atoms with E-state index in [1.54, 1.807) is 0 Å². The standard InChI is InChI=1S/C30H48O2/c1-18(2)19-11-13-27(5)15-16-28(6)20(25(19)27)9-10-22-29(28,7)14-12-21-26(3,4)23(31)17-24(32)30(21,22)8/h19-22,24-25,32H,1,9-17H2,2-8H3/t19?,20?,21?,22?,24?,25?,27-,28-,29-,30+/m1/s1. The molecular weight excluding hydrogens is 392 g/mol. The largest absolute Gasteiger partial charge is 0.392 e. The molecule has 0 aromatic heterocycles. The first-order valence-corrected chi connectivity index (χ1v) is 13.6. The van der Waals surface area contributed by atoms with Crippen molar-refractivity contribution < 1.29 is 9.90 Å². The van der Waals surface area contributed by atoms with Crippen LogP contribution in [-0.4, -0.2) is 17.0 Å². The Bertz CT molecular complexity index is 842. The Morgan fingerprint density at radius 1 is 0.875 bits per heavy atom. The highest BCUT2D eigenvalue weighted by Crippen LogP contribution is 2.77. The normalized spacial score (nSPS) is 56.6. The van der Waals surface area contributed by atoms with Gasteiger partial charge < -0.3 is 5.11 Å². The van der Waals surface area contributed by atoms with E-state index in [9.17, 15) is 9.90 Å². The maximum absolute atomic E-state index is 12.9. The molecule has 0 aromatic carbocycles. The molecule has 0 spiro atoms. The van der Waals surface area contributed by atoms with Gasteiger partial charge in [-0.15, -0.1) is 0 Å². The second-order valence-electron chi connectivity index (χ2n) is 14.6. The highest BCUT2D eigenvalue weighted by molar-refractivity contribution is 5.86. The molecule has 6 unspecified atom stereocenters. The SMILES string of the molecule is C=C(C)C1CC[C@]2(C)CC[C@]3(C)C(CCC4[C@@]5(C)C(O)CC(=O)C(C)(C)C5CC[C@]43C)C12. The van der Waals surface area contributed by atoms with Crippen LogP contribution in [0, 0.1) is 56.7 Å². The molecule has 0 aliphatic heterocycles. The molecule has 10 atom stereocenters. The molecule has 2 heteroatoms. The van der Waals surface area contributed by atoms with Crippen molar-refractivity contribution in [2.75, 3.05) is 0 Å². The summed E-state index contributed by atoms with van der Waals surface area (Å²) >= 11 is 0. The summed E-state index contributed by atoms with van der Waals surface area (Å²) in [6.45, 7) is 21.3. The number of hydrogen-bond donors (Lipinski definition) is 1. The lowest BCUT2D eigenvalue weighted by atomic mass is 9.32. The number of rotatable bonds is 1. The maximum atomic E-state index is 12.9. The molecule has 32 heavy (non-hydrogen) atoms. The van der Waals surface area contributed by atoms with Gasteiger partial charge in [-0.25, -0.2) is 0 Å². The second-order valence-corrected chi connectivity index (χ2v) is 14.6. The molecular formula is C30H48O2. The van der Waals surface area contributed by atoms with Gasteiger partial charge in [0.05, 0.1) is 6.10 Å². The van der Waals surface area contributed by atoms with Gasteiger partial charge in [-0.1, -0.05) is 53.7 Å². The summed E-state index contributed by atoms with van der Waals surface area (Å²) in [6, 6.07) is 0. The number of hydrogen-bond acceptors (Lipinski definition) is 2. The predicted octanol–water partition coefficient (Wildman–Crippen LogP) is 7.20. The van der Waals surface area contributed by atoms with Crippen LogP contribution in [0.15, 0.2) is 12.2 Å². The Morgan fingerprint density at radius 2 is 1.56 bits per heavy atom. The van der Waals surface area contributed by atoms with Crippen LogP contribution in [0.3, 0.4) is 0 Å². The van der Waals surface area contributed by atoms with Crippen LogP contribution in [-0.2, 0) is 4.79 Å². The fraction of sp³-hybridized carbons (Fsp3) is 0.900. The van der Waals surface area contributed by atoms with Crippen LogP contribution in [0.25, 0.3) is 0 Å². The summed E-state index contributed by atoms with van der Waals surface area (Å²) in [4.78, 5) is 12.9. The lowest BCUT2D eigenvalue weighted by Crippen LogP contribution is -2.69. The van der Waals surface area contributed by atoms with Gasteiger partial charge in [0.1, 0.15) is 5.78 Å². The number of allylic oxidation sites excluding steroid dienone is 1. The van der Waals surface area contributed by atoms with E-state index < -0.39 is 6.10 Å². The molecule has 5 aliphatic carbocycles. The van der Waals surface area contributed by atoms with Crippen LogP contribution in [0.1, 0.15) is 106 Å². The topological polar surface area (TPSA) is 37.3 Å². The molecule has 5 rings (SSSR count). The fourth-order valence-electron chi connectivity index (χ4n) is 11.2. The Balaban J connectivity index is 1.57. The van der Waals surface area contributed by atoms with Crippen LogP contribution < -0.4 is 0 Å². The monoisotopic (exact) mass is 440 g/mol. The summed E-state index contributed by atoms with van der Waals surface area (Å²) in [5.41, 5.74) is 1.99. The van der Waals surface area contributed by atoms with Crippen molar-refractivity contribution in [1.82, 2.24) is 0 Å². The number of Topliss-reactive ketones (excluding diaryl/α,β-unsaturated/α-hetero) is 1. The van der Waals surface area contributed by atoms with E-state index in [0.29, 0.717) is 35.0 Å².